The number of rotatable bonds is 5. The first kappa shape index (κ1) is 19.9. The molecule has 0 aliphatic heterocycles. The Labute approximate surface area is 177 Å². The third-order valence-corrected chi connectivity index (χ3v) is 7.87. The quantitative estimate of drug-likeness (QED) is 0.307. The van der Waals surface area contributed by atoms with Gasteiger partial charge >= 0.3 is 0 Å². The predicted molar refractivity (Wildman–Crippen MR) is 119 cm³/mol. The third-order valence-electron chi connectivity index (χ3n) is 4.80. The second-order valence-corrected chi connectivity index (χ2v) is 11.4. The van der Waals surface area contributed by atoms with E-state index in [1.165, 1.54) is 40.0 Å². The van der Waals surface area contributed by atoms with Gasteiger partial charge in [-0.25, -0.2) is 4.98 Å². The number of nitrogens with zero attached hydrogens (tertiary/aromatic N) is 2. The first-order valence-corrected chi connectivity index (χ1v) is 12.3. The molecule has 28 heavy (non-hydrogen) atoms. The normalized spacial score (nSPS) is 14.4. The lowest BCUT2D eigenvalue weighted by molar-refractivity contribution is 0.102. The number of fused-ring (bicyclic) bond motifs is 3. The molecule has 0 fully saturated rings. The van der Waals surface area contributed by atoms with Crippen LogP contribution in [0.5, 0.6) is 0 Å². The fourth-order valence-corrected chi connectivity index (χ4v) is 6.52. The summed E-state index contributed by atoms with van der Waals surface area (Å²) in [6.07, 6.45) is 4.36. The van der Waals surface area contributed by atoms with Gasteiger partial charge in [-0.15, -0.1) is 22.7 Å². The highest BCUT2D eigenvalue weighted by Gasteiger charge is 2.24. The summed E-state index contributed by atoms with van der Waals surface area (Å²) in [7, 11) is 0. The molecular weight excluding hydrogens is 408 g/mol. The van der Waals surface area contributed by atoms with E-state index in [0.717, 1.165) is 34.4 Å². The Kier molecular flexibility index (Phi) is 5.51. The fourth-order valence-electron chi connectivity index (χ4n) is 3.58. The lowest BCUT2D eigenvalue weighted by atomic mass is 9.96. The van der Waals surface area contributed by atoms with Crippen LogP contribution in [-0.2, 0) is 19.4 Å². The average Bonchev–Trinajstić information content (AvgIpc) is 3.28. The molecule has 1 aliphatic carbocycles. The van der Waals surface area contributed by atoms with E-state index in [4.69, 9.17) is 4.98 Å². The van der Waals surface area contributed by atoms with Gasteiger partial charge in [0.2, 0.25) is 0 Å². The smallest absolute Gasteiger partial charge is 0.263 e. The predicted octanol–water partition coefficient (Wildman–Crippen LogP) is 5.42. The maximum Gasteiger partial charge on any atom is 0.263 e. The van der Waals surface area contributed by atoms with E-state index in [2.05, 4.69) is 20.8 Å². The Morgan fingerprint density at radius 1 is 1.29 bits per heavy atom. The van der Waals surface area contributed by atoms with Gasteiger partial charge in [0.25, 0.3) is 5.56 Å². The number of carbonyl (C=O) groups is 1. The number of ketones is 1. The van der Waals surface area contributed by atoms with Gasteiger partial charge in [0.15, 0.2) is 10.9 Å². The second kappa shape index (κ2) is 7.76. The molecule has 0 saturated carbocycles. The lowest BCUT2D eigenvalue weighted by Crippen LogP contribution is -2.29. The number of aromatic nitrogens is 2. The van der Waals surface area contributed by atoms with E-state index in [1.807, 2.05) is 17.5 Å². The monoisotopic (exact) mass is 432 g/mol. The van der Waals surface area contributed by atoms with Crippen molar-refractivity contribution in [2.75, 3.05) is 5.75 Å². The molecule has 0 atom stereocenters. The molecule has 1 aliphatic rings. The molecule has 3 aromatic rings. The summed E-state index contributed by atoms with van der Waals surface area (Å²) in [6, 6.07) is 3.73. The van der Waals surface area contributed by atoms with Crippen LogP contribution in [0.25, 0.3) is 10.2 Å². The van der Waals surface area contributed by atoms with Crippen LogP contribution in [0.1, 0.15) is 53.7 Å². The average molecular weight is 433 g/mol. The summed E-state index contributed by atoms with van der Waals surface area (Å²) in [4.78, 5) is 33.7. The third kappa shape index (κ3) is 3.98. The minimum atomic E-state index is -0.0532. The molecule has 0 spiro atoms. The Bertz CT molecular complexity index is 1070. The molecule has 0 aromatic carbocycles. The topological polar surface area (TPSA) is 52.0 Å². The zero-order valence-corrected chi connectivity index (χ0v) is 18.9. The molecule has 3 aromatic heterocycles. The van der Waals surface area contributed by atoms with Crippen molar-refractivity contribution >= 4 is 50.4 Å². The van der Waals surface area contributed by atoms with Gasteiger partial charge in [-0.2, -0.15) is 0 Å². The van der Waals surface area contributed by atoms with E-state index < -0.39 is 0 Å². The van der Waals surface area contributed by atoms with Crippen molar-refractivity contribution in [3.05, 3.63) is 43.2 Å². The first-order valence-electron chi connectivity index (χ1n) is 9.58. The van der Waals surface area contributed by atoms with E-state index in [0.29, 0.717) is 17.5 Å². The highest BCUT2D eigenvalue weighted by molar-refractivity contribution is 7.99. The van der Waals surface area contributed by atoms with Crippen LogP contribution >= 0.6 is 34.4 Å². The minimum Gasteiger partial charge on any atom is -0.292 e. The maximum absolute atomic E-state index is 13.5. The molecule has 0 unspecified atom stereocenters. The van der Waals surface area contributed by atoms with Crippen molar-refractivity contribution in [1.29, 1.82) is 0 Å². The van der Waals surface area contributed by atoms with Gasteiger partial charge in [-0.3, -0.25) is 14.2 Å². The van der Waals surface area contributed by atoms with E-state index in [9.17, 15) is 9.59 Å². The largest absolute Gasteiger partial charge is 0.292 e. The highest BCUT2D eigenvalue weighted by Crippen LogP contribution is 2.35. The number of hydrogen-bond donors (Lipinski definition) is 0. The summed E-state index contributed by atoms with van der Waals surface area (Å²) in [6.45, 7) is 6.96. The summed E-state index contributed by atoms with van der Waals surface area (Å²) < 4.78 is 1.80. The van der Waals surface area contributed by atoms with Crippen molar-refractivity contribution in [1.82, 2.24) is 9.55 Å². The zero-order chi connectivity index (χ0) is 19.9. The molecule has 0 amide bonds. The van der Waals surface area contributed by atoms with Crippen molar-refractivity contribution < 1.29 is 4.79 Å². The van der Waals surface area contributed by atoms with Crippen LogP contribution in [0.15, 0.2) is 27.5 Å². The summed E-state index contributed by atoms with van der Waals surface area (Å²) in [5.74, 6) is 0.385. The van der Waals surface area contributed by atoms with Gasteiger partial charge in [-0.05, 0) is 48.1 Å². The SMILES string of the molecule is CC(C)(C)Cn1c(SCC(=O)c2cccs2)nc2sc3c(c2c1=O)CCCC3. The summed E-state index contributed by atoms with van der Waals surface area (Å²) >= 11 is 4.51. The van der Waals surface area contributed by atoms with Crippen molar-refractivity contribution in [3.63, 3.8) is 0 Å². The van der Waals surface area contributed by atoms with Crippen molar-refractivity contribution in [2.24, 2.45) is 5.41 Å². The van der Waals surface area contributed by atoms with Crippen LogP contribution in [-0.4, -0.2) is 21.1 Å². The highest BCUT2D eigenvalue weighted by atomic mass is 32.2. The molecule has 3 heterocycles. The van der Waals surface area contributed by atoms with Gasteiger partial charge in [0, 0.05) is 11.4 Å². The number of thioether (sulfide) groups is 1. The van der Waals surface area contributed by atoms with Crippen LogP contribution < -0.4 is 5.56 Å². The maximum atomic E-state index is 13.5. The van der Waals surface area contributed by atoms with E-state index in [-0.39, 0.29) is 16.8 Å². The molecular formula is C21H24N2O2S3. The molecule has 4 nitrogen and oxygen atoms in total. The Hall–Kier alpha value is -1.44. The van der Waals surface area contributed by atoms with Gasteiger partial charge < -0.3 is 0 Å². The zero-order valence-electron chi connectivity index (χ0n) is 16.4. The molecule has 0 radical (unpaired) electrons. The molecule has 4 rings (SSSR count). The number of thiophene rings is 2. The fraction of sp³-hybridized carbons (Fsp3) is 0.476. The van der Waals surface area contributed by atoms with Gasteiger partial charge in [0.05, 0.1) is 16.0 Å². The molecule has 0 N–H and O–H groups in total. The van der Waals surface area contributed by atoms with Gasteiger partial charge in [0.1, 0.15) is 4.83 Å². The summed E-state index contributed by atoms with van der Waals surface area (Å²) in [5, 5.41) is 3.39. The van der Waals surface area contributed by atoms with E-state index in [1.54, 1.807) is 15.9 Å². The minimum absolute atomic E-state index is 0.0532. The van der Waals surface area contributed by atoms with Crippen LogP contribution in [0.2, 0.25) is 0 Å². The molecule has 148 valence electrons. The number of carbonyl (C=O) groups excluding carboxylic acids is 1. The molecule has 7 heteroatoms. The number of Topliss-reactive ketones (excluding diaryl/α,β-unsaturated/α-hetero) is 1. The standard InChI is InChI=1S/C21H24N2O2S3/c1-21(2,3)12-23-19(25)17-13-7-4-5-8-15(13)28-18(17)22-20(23)27-11-14(24)16-9-6-10-26-16/h6,9-10H,4-5,7-8,11-12H2,1-3H3. The van der Waals surface area contributed by atoms with Gasteiger partial charge in [-0.1, -0.05) is 38.6 Å². The number of aryl methyl sites for hydroxylation is 2. The molecule has 0 bridgehead atoms. The Balaban J connectivity index is 1.76. The Morgan fingerprint density at radius 2 is 2.07 bits per heavy atom. The Morgan fingerprint density at radius 3 is 2.79 bits per heavy atom. The van der Waals surface area contributed by atoms with E-state index >= 15 is 0 Å². The molecule has 0 saturated heterocycles. The number of hydrogen-bond acceptors (Lipinski definition) is 6. The summed E-state index contributed by atoms with van der Waals surface area (Å²) in [5.41, 5.74) is 1.23. The lowest BCUT2D eigenvalue weighted by Gasteiger charge is -2.22. The van der Waals surface area contributed by atoms with Crippen molar-refractivity contribution in [2.45, 2.75) is 58.2 Å². The van der Waals surface area contributed by atoms with Crippen molar-refractivity contribution in [3.8, 4) is 0 Å². The van der Waals surface area contributed by atoms with Crippen LogP contribution in [0.3, 0.4) is 0 Å². The second-order valence-electron chi connectivity index (χ2n) is 8.43. The van der Waals surface area contributed by atoms with Crippen LogP contribution in [0.4, 0.5) is 0 Å². The van der Waals surface area contributed by atoms with Crippen LogP contribution in [0, 0.1) is 5.41 Å². The first-order chi connectivity index (χ1) is 13.3.